The topological polar surface area (TPSA) is 69.7 Å². The van der Waals surface area contributed by atoms with Crippen LogP contribution in [-0.2, 0) is 10.0 Å². The fourth-order valence-corrected chi connectivity index (χ4v) is 7.07. The lowest BCUT2D eigenvalue weighted by Gasteiger charge is -2.40. The number of nitrogens with one attached hydrogen (secondary N) is 1. The molecule has 1 aliphatic carbocycles. The van der Waals surface area contributed by atoms with Crippen molar-refractivity contribution in [2.45, 2.75) is 23.9 Å². The first-order valence-electron chi connectivity index (χ1n) is 12.7. The quantitative estimate of drug-likeness (QED) is 0.368. The van der Waals surface area contributed by atoms with E-state index in [1.54, 1.807) is 12.1 Å². The van der Waals surface area contributed by atoms with Crippen LogP contribution in [0.1, 0.15) is 39.1 Å². The number of hydrogen-bond donors (Lipinski definition) is 1. The van der Waals surface area contributed by atoms with E-state index >= 15 is 0 Å². The van der Waals surface area contributed by atoms with E-state index in [1.165, 1.54) is 12.1 Å². The minimum absolute atomic E-state index is 0.0291. The summed E-state index contributed by atoms with van der Waals surface area (Å²) in [5.74, 6) is 0.0291. The molecule has 6 nitrogen and oxygen atoms in total. The molecule has 6 rings (SSSR count). The molecule has 0 aromatic heterocycles. The van der Waals surface area contributed by atoms with Crippen molar-refractivity contribution in [1.82, 2.24) is 14.5 Å². The minimum Gasteiger partial charge on any atom is -0.336 e. The SMILES string of the molecule is Cc1ccc(C(=O)N2CCN(C3c4cccc5cccc(c45)C3NS(=O)(=O)c3ccc(Cl)cc3)CC2)cc1. The molecule has 38 heavy (non-hydrogen) atoms. The molecule has 8 heteroatoms. The predicted octanol–water partition coefficient (Wildman–Crippen LogP) is 5.33. The highest BCUT2D eigenvalue weighted by molar-refractivity contribution is 7.89. The first-order chi connectivity index (χ1) is 18.3. The Morgan fingerprint density at radius 3 is 2.13 bits per heavy atom. The van der Waals surface area contributed by atoms with Crippen molar-refractivity contribution < 1.29 is 13.2 Å². The van der Waals surface area contributed by atoms with Crippen LogP contribution in [0.15, 0.2) is 89.8 Å². The van der Waals surface area contributed by atoms with Crippen molar-refractivity contribution >= 4 is 38.3 Å². The van der Waals surface area contributed by atoms with E-state index in [0.717, 1.165) is 27.5 Å². The first kappa shape index (κ1) is 25.1. The molecule has 0 saturated carbocycles. The van der Waals surface area contributed by atoms with Gasteiger partial charge in [0.15, 0.2) is 0 Å². The van der Waals surface area contributed by atoms with Crippen molar-refractivity contribution in [2.24, 2.45) is 0 Å². The Morgan fingerprint density at radius 2 is 1.47 bits per heavy atom. The van der Waals surface area contributed by atoms with Crippen molar-refractivity contribution in [3.05, 3.63) is 112 Å². The van der Waals surface area contributed by atoms with Gasteiger partial charge in [0, 0.05) is 36.8 Å². The van der Waals surface area contributed by atoms with Crippen LogP contribution in [-0.4, -0.2) is 50.3 Å². The highest BCUT2D eigenvalue weighted by Gasteiger charge is 2.41. The lowest BCUT2D eigenvalue weighted by molar-refractivity contribution is 0.0539. The van der Waals surface area contributed by atoms with Crippen LogP contribution >= 0.6 is 11.6 Å². The molecule has 4 aromatic carbocycles. The zero-order valence-electron chi connectivity index (χ0n) is 21.0. The van der Waals surface area contributed by atoms with E-state index < -0.39 is 16.1 Å². The Labute approximate surface area is 227 Å². The van der Waals surface area contributed by atoms with Crippen LogP contribution in [0, 0.1) is 6.92 Å². The number of aryl methyl sites for hydroxylation is 1. The number of hydrogen-bond acceptors (Lipinski definition) is 4. The van der Waals surface area contributed by atoms with Crippen molar-refractivity contribution in [1.29, 1.82) is 0 Å². The number of carbonyl (C=O) groups is 1. The molecule has 1 fully saturated rings. The number of piperazine rings is 1. The van der Waals surface area contributed by atoms with Gasteiger partial charge in [-0.1, -0.05) is 65.7 Å². The monoisotopic (exact) mass is 545 g/mol. The molecule has 0 bridgehead atoms. The third-order valence-electron chi connectivity index (χ3n) is 7.64. The number of nitrogens with zero attached hydrogens (tertiary/aromatic N) is 2. The van der Waals surface area contributed by atoms with E-state index in [-0.39, 0.29) is 16.8 Å². The van der Waals surface area contributed by atoms with Gasteiger partial charge in [0.1, 0.15) is 0 Å². The molecule has 194 valence electrons. The third kappa shape index (κ3) is 4.50. The van der Waals surface area contributed by atoms with Crippen LogP contribution in [0.5, 0.6) is 0 Å². The van der Waals surface area contributed by atoms with Crippen molar-refractivity contribution in [2.75, 3.05) is 26.2 Å². The van der Waals surface area contributed by atoms with Gasteiger partial charge in [0.05, 0.1) is 17.0 Å². The smallest absolute Gasteiger partial charge is 0.253 e. The zero-order chi connectivity index (χ0) is 26.4. The van der Waals surface area contributed by atoms with Crippen LogP contribution < -0.4 is 4.72 Å². The summed E-state index contributed by atoms with van der Waals surface area (Å²) in [6.07, 6.45) is 0. The second-order valence-electron chi connectivity index (χ2n) is 9.98. The Balaban J connectivity index is 1.30. The molecule has 2 aliphatic rings. The van der Waals surface area contributed by atoms with Gasteiger partial charge >= 0.3 is 0 Å². The molecule has 0 radical (unpaired) electrons. The Morgan fingerprint density at radius 1 is 0.842 bits per heavy atom. The number of benzene rings is 4. The Bertz CT molecular complexity index is 1610. The molecule has 1 amide bonds. The fraction of sp³-hybridized carbons (Fsp3) is 0.233. The lowest BCUT2D eigenvalue weighted by atomic mass is 10.0. The van der Waals surface area contributed by atoms with Gasteiger partial charge in [0.2, 0.25) is 10.0 Å². The van der Waals surface area contributed by atoms with E-state index in [9.17, 15) is 13.2 Å². The van der Waals surface area contributed by atoms with Crippen LogP contribution in [0.25, 0.3) is 10.8 Å². The average Bonchev–Trinajstić information content (AvgIpc) is 3.23. The van der Waals surface area contributed by atoms with Crippen LogP contribution in [0.2, 0.25) is 5.02 Å². The van der Waals surface area contributed by atoms with Gasteiger partial charge in [-0.2, -0.15) is 0 Å². The molecular formula is C30H28ClN3O3S. The molecule has 1 N–H and O–H groups in total. The van der Waals surface area contributed by atoms with E-state index in [0.29, 0.717) is 36.8 Å². The summed E-state index contributed by atoms with van der Waals surface area (Å²) in [4.78, 5) is 17.5. The van der Waals surface area contributed by atoms with Crippen molar-refractivity contribution in [3.8, 4) is 0 Å². The number of carbonyl (C=O) groups excluding carboxylic acids is 1. The van der Waals surface area contributed by atoms with Crippen LogP contribution in [0.3, 0.4) is 0 Å². The summed E-state index contributed by atoms with van der Waals surface area (Å²) >= 11 is 6.00. The first-order valence-corrected chi connectivity index (χ1v) is 14.6. The van der Waals surface area contributed by atoms with E-state index in [2.05, 4.69) is 27.8 Å². The molecule has 4 aromatic rings. The largest absolute Gasteiger partial charge is 0.336 e. The van der Waals surface area contributed by atoms with Gasteiger partial charge in [-0.15, -0.1) is 0 Å². The summed E-state index contributed by atoms with van der Waals surface area (Å²) in [6, 6.07) is 25.5. The molecule has 1 aliphatic heterocycles. The Hall–Kier alpha value is -3.23. The lowest BCUT2D eigenvalue weighted by Crippen LogP contribution is -2.51. The van der Waals surface area contributed by atoms with E-state index in [4.69, 9.17) is 11.6 Å². The summed E-state index contributed by atoms with van der Waals surface area (Å²) in [6.45, 7) is 4.45. The average molecular weight is 546 g/mol. The number of amides is 1. The maximum absolute atomic E-state index is 13.5. The maximum atomic E-state index is 13.5. The molecule has 1 heterocycles. The molecule has 2 atom stereocenters. The number of rotatable bonds is 5. The van der Waals surface area contributed by atoms with Gasteiger partial charge in [-0.25, -0.2) is 13.1 Å². The molecular weight excluding hydrogens is 518 g/mol. The van der Waals surface area contributed by atoms with Crippen molar-refractivity contribution in [3.63, 3.8) is 0 Å². The predicted molar refractivity (Wildman–Crippen MR) is 150 cm³/mol. The van der Waals surface area contributed by atoms with Gasteiger partial charge < -0.3 is 4.90 Å². The second-order valence-corrected chi connectivity index (χ2v) is 12.1. The highest BCUT2D eigenvalue weighted by atomic mass is 35.5. The van der Waals surface area contributed by atoms with Gasteiger partial charge in [0.25, 0.3) is 5.91 Å². The van der Waals surface area contributed by atoms with Gasteiger partial charge in [-0.05, 0) is 65.2 Å². The Kier molecular flexibility index (Phi) is 6.48. The number of sulfonamides is 1. The van der Waals surface area contributed by atoms with Gasteiger partial charge in [-0.3, -0.25) is 9.69 Å². The summed E-state index contributed by atoms with van der Waals surface area (Å²) in [7, 11) is -3.81. The highest BCUT2D eigenvalue weighted by Crippen LogP contribution is 2.47. The standard InChI is InChI=1S/C30H28ClN3O3S/c1-20-8-10-22(11-9-20)30(35)34-18-16-33(17-19-34)29-26-7-3-5-21-4-2-6-25(27(21)26)28(29)32-38(36,37)24-14-12-23(31)13-15-24/h2-15,28-29,32H,16-19H2,1H3. The molecule has 2 unspecified atom stereocenters. The maximum Gasteiger partial charge on any atom is 0.253 e. The normalized spacial score (nSPS) is 19.7. The zero-order valence-corrected chi connectivity index (χ0v) is 22.5. The summed E-state index contributed by atoms with van der Waals surface area (Å²) in [5.41, 5.74) is 3.89. The van der Waals surface area contributed by atoms with E-state index in [1.807, 2.05) is 54.3 Å². The van der Waals surface area contributed by atoms with Crippen LogP contribution in [0.4, 0.5) is 0 Å². The second kappa shape index (κ2) is 9.82. The fourth-order valence-electron chi connectivity index (χ4n) is 5.72. The summed E-state index contributed by atoms with van der Waals surface area (Å²) in [5, 5.41) is 2.67. The number of halogens is 1. The minimum atomic E-state index is -3.81. The molecule has 1 saturated heterocycles. The molecule has 0 spiro atoms. The third-order valence-corrected chi connectivity index (χ3v) is 9.35. The summed E-state index contributed by atoms with van der Waals surface area (Å²) < 4.78 is 30.0.